The number of rotatable bonds is 3. The van der Waals surface area contributed by atoms with Crippen LogP contribution < -0.4 is 10.6 Å². The maximum absolute atomic E-state index is 9.21. The van der Waals surface area contributed by atoms with E-state index in [-0.39, 0.29) is 18.8 Å². The van der Waals surface area contributed by atoms with Gasteiger partial charge in [-0.1, -0.05) is 0 Å². The van der Waals surface area contributed by atoms with Crippen molar-refractivity contribution in [3.8, 4) is 0 Å². The first kappa shape index (κ1) is 12.3. The number of nitrogens with two attached hydrogens (primary N) is 1. The monoisotopic (exact) mass is 237 g/mol. The Balaban J connectivity index is 2.20. The van der Waals surface area contributed by atoms with Gasteiger partial charge in [0.2, 0.25) is 0 Å². The predicted molar refractivity (Wildman–Crippen MR) is 65.8 cm³/mol. The Labute approximate surface area is 101 Å². The SMILES string of the molecule is CC1CN(c2cnccc2CN)CC(CO)O1. The molecule has 3 N–H and O–H groups in total. The average molecular weight is 237 g/mol. The molecule has 2 unspecified atom stereocenters. The molecule has 1 aliphatic heterocycles. The Morgan fingerprint density at radius 3 is 3.12 bits per heavy atom. The Morgan fingerprint density at radius 2 is 2.41 bits per heavy atom. The summed E-state index contributed by atoms with van der Waals surface area (Å²) in [6.07, 6.45) is 3.55. The molecule has 0 aromatic carbocycles. The zero-order valence-corrected chi connectivity index (χ0v) is 10.0. The lowest BCUT2D eigenvalue weighted by Crippen LogP contribution is -2.48. The van der Waals surface area contributed by atoms with Gasteiger partial charge in [-0.05, 0) is 18.6 Å². The Kier molecular flexibility index (Phi) is 3.93. The molecule has 1 saturated heterocycles. The van der Waals surface area contributed by atoms with Crippen LogP contribution in [-0.2, 0) is 11.3 Å². The lowest BCUT2D eigenvalue weighted by Gasteiger charge is -2.38. The fourth-order valence-electron chi connectivity index (χ4n) is 2.22. The van der Waals surface area contributed by atoms with Crippen molar-refractivity contribution in [1.29, 1.82) is 0 Å². The fourth-order valence-corrected chi connectivity index (χ4v) is 2.22. The van der Waals surface area contributed by atoms with Crippen molar-refractivity contribution >= 4 is 5.69 Å². The molecule has 94 valence electrons. The highest BCUT2D eigenvalue weighted by atomic mass is 16.5. The number of pyridine rings is 1. The number of aliphatic hydroxyl groups excluding tert-OH is 1. The second-order valence-corrected chi connectivity index (χ2v) is 4.36. The standard InChI is InChI=1S/C12H19N3O2/c1-9-6-15(7-11(8-16)17-9)12-5-14-3-2-10(12)4-13/h2-3,5,9,11,16H,4,6-8,13H2,1H3. The number of anilines is 1. The summed E-state index contributed by atoms with van der Waals surface area (Å²) in [6.45, 7) is 4.02. The van der Waals surface area contributed by atoms with Gasteiger partial charge in [0, 0.05) is 25.8 Å². The minimum absolute atomic E-state index is 0.0407. The molecule has 0 bridgehead atoms. The third-order valence-corrected chi connectivity index (χ3v) is 2.98. The molecule has 1 aromatic heterocycles. The van der Waals surface area contributed by atoms with E-state index in [2.05, 4.69) is 9.88 Å². The summed E-state index contributed by atoms with van der Waals surface area (Å²) in [5.74, 6) is 0. The van der Waals surface area contributed by atoms with Crippen LogP contribution in [0.25, 0.3) is 0 Å². The largest absolute Gasteiger partial charge is 0.394 e. The number of aromatic nitrogens is 1. The number of hydrogen-bond acceptors (Lipinski definition) is 5. The van der Waals surface area contributed by atoms with E-state index in [0.717, 1.165) is 17.8 Å². The average Bonchev–Trinajstić information content (AvgIpc) is 2.37. The van der Waals surface area contributed by atoms with Gasteiger partial charge in [0.15, 0.2) is 0 Å². The molecule has 0 saturated carbocycles. The topological polar surface area (TPSA) is 71.6 Å². The van der Waals surface area contributed by atoms with Gasteiger partial charge in [-0.25, -0.2) is 0 Å². The predicted octanol–water partition coefficient (Wildman–Crippen LogP) is 0.126. The zero-order chi connectivity index (χ0) is 12.3. The molecule has 1 fully saturated rings. The molecule has 0 aliphatic carbocycles. The maximum Gasteiger partial charge on any atom is 0.0984 e. The summed E-state index contributed by atoms with van der Waals surface area (Å²) in [5, 5.41) is 9.21. The van der Waals surface area contributed by atoms with Crippen molar-refractivity contribution in [2.45, 2.75) is 25.7 Å². The van der Waals surface area contributed by atoms with E-state index in [9.17, 15) is 5.11 Å². The van der Waals surface area contributed by atoms with Crippen LogP contribution in [-0.4, -0.2) is 42.0 Å². The fraction of sp³-hybridized carbons (Fsp3) is 0.583. The summed E-state index contributed by atoms with van der Waals surface area (Å²) in [5.41, 5.74) is 7.84. The van der Waals surface area contributed by atoms with Crippen LogP contribution in [0.5, 0.6) is 0 Å². The van der Waals surface area contributed by atoms with E-state index in [1.807, 2.05) is 19.2 Å². The van der Waals surface area contributed by atoms with Gasteiger partial charge < -0.3 is 20.5 Å². The normalized spacial score (nSPS) is 25.0. The highest BCUT2D eigenvalue weighted by Gasteiger charge is 2.25. The molecule has 2 rings (SSSR count). The molecule has 1 aromatic rings. The van der Waals surface area contributed by atoms with E-state index in [4.69, 9.17) is 10.5 Å². The minimum atomic E-state index is -0.135. The lowest BCUT2D eigenvalue weighted by atomic mass is 10.1. The molecule has 1 aliphatic rings. The van der Waals surface area contributed by atoms with Crippen LogP contribution in [0.4, 0.5) is 5.69 Å². The van der Waals surface area contributed by atoms with Gasteiger partial charge in [-0.15, -0.1) is 0 Å². The first-order chi connectivity index (χ1) is 8.24. The maximum atomic E-state index is 9.21. The molecule has 2 heterocycles. The second-order valence-electron chi connectivity index (χ2n) is 4.36. The molecule has 0 spiro atoms. The van der Waals surface area contributed by atoms with Gasteiger partial charge in [-0.2, -0.15) is 0 Å². The van der Waals surface area contributed by atoms with Crippen LogP contribution in [0.15, 0.2) is 18.5 Å². The lowest BCUT2D eigenvalue weighted by molar-refractivity contribution is -0.0421. The van der Waals surface area contributed by atoms with Gasteiger partial charge in [0.05, 0.1) is 30.7 Å². The number of hydrogen-bond donors (Lipinski definition) is 2. The number of ether oxygens (including phenoxy) is 1. The Hall–Kier alpha value is -1.17. The smallest absolute Gasteiger partial charge is 0.0984 e. The van der Waals surface area contributed by atoms with Crippen molar-refractivity contribution in [3.05, 3.63) is 24.0 Å². The summed E-state index contributed by atoms with van der Waals surface area (Å²) in [7, 11) is 0. The van der Waals surface area contributed by atoms with Crippen LogP contribution >= 0.6 is 0 Å². The van der Waals surface area contributed by atoms with Crippen molar-refractivity contribution in [3.63, 3.8) is 0 Å². The quantitative estimate of drug-likeness (QED) is 0.781. The number of aliphatic hydroxyl groups is 1. The molecular weight excluding hydrogens is 218 g/mol. The first-order valence-electron chi connectivity index (χ1n) is 5.88. The van der Waals surface area contributed by atoms with Gasteiger partial charge in [-0.3, -0.25) is 4.98 Å². The number of morpholine rings is 1. The van der Waals surface area contributed by atoms with Crippen LogP contribution in [0.3, 0.4) is 0 Å². The molecule has 0 radical (unpaired) electrons. The highest BCUT2D eigenvalue weighted by molar-refractivity contribution is 5.52. The second kappa shape index (κ2) is 5.44. The Morgan fingerprint density at radius 1 is 1.59 bits per heavy atom. The number of nitrogens with zero attached hydrogens (tertiary/aromatic N) is 2. The molecule has 5 nitrogen and oxygen atoms in total. The van der Waals surface area contributed by atoms with E-state index in [1.165, 1.54) is 0 Å². The van der Waals surface area contributed by atoms with E-state index < -0.39 is 0 Å². The first-order valence-corrected chi connectivity index (χ1v) is 5.88. The van der Waals surface area contributed by atoms with Crippen molar-refractivity contribution in [1.82, 2.24) is 4.98 Å². The summed E-state index contributed by atoms with van der Waals surface area (Å²) < 4.78 is 5.62. The third kappa shape index (κ3) is 2.74. The van der Waals surface area contributed by atoms with Crippen molar-refractivity contribution in [2.24, 2.45) is 5.73 Å². The summed E-state index contributed by atoms with van der Waals surface area (Å²) in [6, 6.07) is 1.93. The van der Waals surface area contributed by atoms with E-state index in [0.29, 0.717) is 13.1 Å². The summed E-state index contributed by atoms with van der Waals surface area (Å²) >= 11 is 0. The van der Waals surface area contributed by atoms with Crippen LogP contribution in [0.2, 0.25) is 0 Å². The van der Waals surface area contributed by atoms with E-state index >= 15 is 0 Å². The van der Waals surface area contributed by atoms with Gasteiger partial charge in [0.1, 0.15) is 0 Å². The van der Waals surface area contributed by atoms with E-state index in [1.54, 1.807) is 6.20 Å². The highest BCUT2D eigenvalue weighted by Crippen LogP contribution is 2.23. The minimum Gasteiger partial charge on any atom is -0.394 e. The van der Waals surface area contributed by atoms with Crippen LogP contribution in [0.1, 0.15) is 12.5 Å². The molecule has 2 atom stereocenters. The van der Waals surface area contributed by atoms with Crippen molar-refractivity contribution in [2.75, 3.05) is 24.6 Å². The molecule has 17 heavy (non-hydrogen) atoms. The molecular formula is C12H19N3O2. The zero-order valence-electron chi connectivity index (χ0n) is 10.0. The van der Waals surface area contributed by atoms with Crippen molar-refractivity contribution < 1.29 is 9.84 Å². The summed E-state index contributed by atoms with van der Waals surface area (Å²) in [4.78, 5) is 6.33. The molecule has 0 amide bonds. The third-order valence-electron chi connectivity index (χ3n) is 2.98. The van der Waals surface area contributed by atoms with Crippen LogP contribution in [0, 0.1) is 0 Å². The Bertz CT molecular complexity index is 373. The van der Waals surface area contributed by atoms with Gasteiger partial charge in [0.25, 0.3) is 0 Å². The molecule has 5 heteroatoms. The van der Waals surface area contributed by atoms with Gasteiger partial charge >= 0.3 is 0 Å².